The van der Waals surface area contributed by atoms with Crippen molar-refractivity contribution in [2.45, 2.75) is 63.6 Å². The van der Waals surface area contributed by atoms with Crippen molar-refractivity contribution in [1.82, 2.24) is 20.9 Å². The first kappa shape index (κ1) is 31.3. The Balaban J connectivity index is 1.58. The quantitative estimate of drug-likeness (QED) is 0.233. The number of hydrogen-bond acceptors (Lipinski definition) is 9. The van der Waals surface area contributed by atoms with Crippen molar-refractivity contribution in [3.8, 4) is 0 Å². The van der Waals surface area contributed by atoms with E-state index in [2.05, 4.69) is 16.0 Å². The molecule has 0 radical (unpaired) electrons. The van der Waals surface area contributed by atoms with Crippen molar-refractivity contribution in [2.75, 3.05) is 19.7 Å². The molecule has 2 fully saturated rings. The van der Waals surface area contributed by atoms with Gasteiger partial charge in [-0.3, -0.25) is 14.4 Å². The fourth-order valence-corrected chi connectivity index (χ4v) is 5.47. The van der Waals surface area contributed by atoms with Crippen molar-refractivity contribution < 1.29 is 42.0 Å². The number of rotatable bonds is 13. The van der Waals surface area contributed by atoms with Gasteiger partial charge in [0.25, 0.3) is 0 Å². The van der Waals surface area contributed by atoms with Gasteiger partial charge in [0.1, 0.15) is 22.8 Å². The van der Waals surface area contributed by atoms with Crippen molar-refractivity contribution in [3.63, 3.8) is 0 Å². The van der Waals surface area contributed by atoms with E-state index in [9.17, 15) is 37.3 Å². The zero-order valence-electron chi connectivity index (χ0n) is 22.6. The molecular formula is C26H37N4O9S-. The van der Waals surface area contributed by atoms with Crippen molar-refractivity contribution in [1.29, 1.82) is 0 Å². The van der Waals surface area contributed by atoms with Crippen LogP contribution in [0, 0.1) is 17.8 Å². The van der Waals surface area contributed by atoms with E-state index in [0.717, 1.165) is 5.56 Å². The highest BCUT2D eigenvalue weighted by Gasteiger charge is 2.36. The fraction of sp³-hybridized carbons (Fsp3) is 0.615. The van der Waals surface area contributed by atoms with Crippen molar-refractivity contribution in [3.05, 3.63) is 35.9 Å². The Kier molecular flexibility index (Phi) is 10.9. The number of likely N-dealkylation sites (tertiary alicyclic amines) is 1. The minimum absolute atomic E-state index is 0.0915. The lowest BCUT2D eigenvalue weighted by Gasteiger charge is -2.29. The van der Waals surface area contributed by atoms with Crippen LogP contribution >= 0.6 is 0 Å². The second-order valence-corrected chi connectivity index (χ2v) is 12.1. The summed E-state index contributed by atoms with van der Waals surface area (Å²) >= 11 is 0. The topological polar surface area (TPSA) is 194 Å². The zero-order valence-corrected chi connectivity index (χ0v) is 23.4. The third-order valence-corrected chi connectivity index (χ3v) is 7.94. The lowest BCUT2D eigenvalue weighted by atomic mass is 9.97. The lowest BCUT2D eigenvalue weighted by Crippen LogP contribution is -2.55. The van der Waals surface area contributed by atoms with Crippen LogP contribution in [-0.2, 0) is 35.8 Å². The van der Waals surface area contributed by atoms with Gasteiger partial charge in [0, 0.05) is 25.6 Å². The molecule has 2 aliphatic heterocycles. The third-order valence-electron chi connectivity index (χ3n) is 7.02. The van der Waals surface area contributed by atoms with Gasteiger partial charge in [0.2, 0.25) is 17.7 Å². The Morgan fingerprint density at radius 2 is 1.85 bits per heavy atom. The maximum atomic E-state index is 13.1. The van der Waals surface area contributed by atoms with Crippen LogP contribution < -0.4 is 16.0 Å². The van der Waals surface area contributed by atoms with E-state index in [4.69, 9.17) is 4.74 Å². The second-order valence-electron chi connectivity index (χ2n) is 10.7. The smallest absolute Gasteiger partial charge is 0.407 e. The maximum absolute atomic E-state index is 13.1. The van der Waals surface area contributed by atoms with Gasteiger partial charge in [0.15, 0.2) is 5.44 Å². The summed E-state index contributed by atoms with van der Waals surface area (Å²) in [5.74, 6) is -2.67. The van der Waals surface area contributed by atoms with Crippen LogP contribution in [0.5, 0.6) is 0 Å². The SMILES string of the molecule is CC(C)C[C@H](NC(=O)OCC1CCN(Cc2ccccc2)C1=O)C(=O)N[C@@H](C[C@@H]1CCNC1=O)C(O)S(=O)(=O)[O-]. The average molecular weight is 582 g/mol. The van der Waals surface area contributed by atoms with E-state index in [0.29, 0.717) is 32.5 Å². The highest BCUT2D eigenvalue weighted by atomic mass is 32.2. The molecular weight excluding hydrogens is 544 g/mol. The van der Waals surface area contributed by atoms with Crippen LogP contribution in [0.3, 0.4) is 0 Å². The molecule has 0 aromatic heterocycles. The minimum Gasteiger partial charge on any atom is -0.746 e. The molecule has 3 rings (SSSR count). The van der Waals surface area contributed by atoms with Gasteiger partial charge in [-0.05, 0) is 37.2 Å². The number of nitrogens with one attached hydrogen (secondary N) is 3. The van der Waals surface area contributed by atoms with Gasteiger partial charge >= 0.3 is 6.09 Å². The summed E-state index contributed by atoms with van der Waals surface area (Å²) < 4.78 is 39.8. The molecule has 0 bridgehead atoms. The predicted molar refractivity (Wildman–Crippen MR) is 141 cm³/mol. The monoisotopic (exact) mass is 581 g/mol. The molecule has 1 aromatic rings. The van der Waals surface area contributed by atoms with E-state index in [-0.39, 0.29) is 37.2 Å². The number of alkyl carbamates (subject to hydrolysis) is 1. The Morgan fingerprint density at radius 3 is 2.45 bits per heavy atom. The predicted octanol–water partition coefficient (Wildman–Crippen LogP) is 0.0506. The molecule has 13 nitrogen and oxygen atoms in total. The Morgan fingerprint density at radius 1 is 1.15 bits per heavy atom. The molecule has 40 heavy (non-hydrogen) atoms. The lowest BCUT2D eigenvalue weighted by molar-refractivity contribution is -0.132. The minimum atomic E-state index is -5.22. The van der Waals surface area contributed by atoms with Gasteiger partial charge in [-0.1, -0.05) is 44.2 Å². The molecule has 2 saturated heterocycles. The van der Waals surface area contributed by atoms with E-state index >= 15 is 0 Å². The molecule has 0 saturated carbocycles. The standard InChI is InChI=1S/C26H38N4O9S/c1-16(2)12-20(23(32)28-21(25(34)40(36,37)38)13-18-8-10-27-22(18)31)29-26(35)39-15-19-9-11-30(24(19)33)14-17-6-4-3-5-7-17/h3-7,16,18-21,25,34H,8-15H2,1-2H3,(H,27,31)(H,28,32)(H,29,35)(H,36,37,38)/p-1/t18-,19?,20-,21-,25?/m0/s1. The van der Waals surface area contributed by atoms with Crippen LogP contribution in [0.15, 0.2) is 30.3 Å². The van der Waals surface area contributed by atoms with E-state index in [1.165, 1.54) is 0 Å². The van der Waals surface area contributed by atoms with Crippen LogP contribution in [-0.4, -0.2) is 84.0 Å². The summed E-state index contributed by atoms with van der Waals surface area (Å²) in [7, 11) is -5.22. The first-order valence-electron chi connectivity index (χ1n) is 13.3. The normalized spacial score (nSPS) is 21.6. The molecule has 0 spiro atoms. The van der Waals surface area contributed by atoms with Gasteiger partial charge in [-0.15, -0.1) is 0 Å². The maximum Gasteiger partial charge on any atom is 0.407 e. The largest absolute Gasteiger partial charge is 0.746 e. The summed E-state index contributed by atoms with van der Waals surface area (Å²) in [5.41, 5.74) is -1.50. The Hall–Kier alpha value is -3.23. The van der Waals surface area contributed by atoms with Gasteiger partial charge in [0.05, 0.1) is 12.0 Å². The highest BCUT2D eigenvalue weighted by Crippen LogP contribution is 2.22. The number of aliphatic hydroxyl groups excluding tert-OH is 1. The summed E-state index contributed by atoms with van der Waals surface area (Å²) in [5, 5.41) is 17.5. The van der Waals surface area contributed by atoms with Crippen LogP contribution in [0.25, 0.3) is 0 Å². The fourth-order valence-electron chi connectivity index (χ4n) is 4.89. The summed E-state index contributed by atoms with van der Waals surface area (Å²) in [6, 6.07) is 6.74. The number of carbonyl (C=O) groups excluding carboxylic acids is 4. The van der Waals surface area contributed by atoms with Crippen LogP contribution in [0.2, 0.25) is 0 Å². The molecule has 2 unspecified atom stereocenters. The molecule has 222 valence electrons. The number of benzene rings is 1. The first-order valence-corrected chi connectivity index (χ1v) is 14.8. The highest BCUT2D eigenvalue weighted by molar-refractivity contribution is 7.86. The van der Waals surface area contributed by atoms with E-state index in [1.807, 2.05) is 30.3 Å². The Bertz CT molecular complexity index is 1160. The zero-order chi connectivity index (χ0) is 29.4. The molecule has 14 heteroatoms. The summed E-state index contributed by atoms with van der Waals surface area (Å²) in [6.07, 6.45) is -0.238. The molecule has 0 aliphatic carbocycles. The van der Waals surface area contributed by atoms with Crippen molar-refractivity contribution in [2.24, 2.45) is 17.8 Å². The van der Waals surface area contributed by atoms with E-state index in [1.54, 1.807) is 18.7 Å². The molecule has 4 N–H and O–H groups in total. The second kappa shape index (κ2) is 13.9. The average Bonchev–Trinajstić information content (AvgIpc) is 3.45. The first-order chi connectivity index (χ1) is 18.8. The van der Waals surface area contributed by atoms with Gasteiger partial charge in [-0.25, -0.2) is 13.2 Å². The summed E-state index contributed by atoms with van der Waals surface area (Å²) in [4.78, 5) is 52.1. The van der Waals surface area contributed by atoms with Crippen LogP contribution in [0.1, 0.15) is 45.1 Å². The number of carbonyl (C=O) groups is 4. The summed E-state index contributed by atoms with van der Waals surface area (Å²) in [6.45, 7) is 4.73. The number of nitrogens with zero attached hydrogens (tertiary/aromatic N) is 1. The molecule has 2 heterocycles. The number of hydrogen-bond donors (Lipinski definition) is 4. The van der Waals surface area contributed by atoms with Crippen LogP contribution in [0.4, 0.5) is 4.79 Å². The van der Waals surface area contributed by atoms with Crippen molar-refractivity contribution >= 4 is 33.9 Å². The molecule has 2 aliphatic rings. The Labute approximate surface area is 233 Å². The van der Waals surface area contributed by atoms with Gasteiger partial charge < -0.3 is 35.2 Å². The molecule has 1 aromatic carbocycles. The van der Waals surface area contributed by atoms with E-state index < -0.39 is 51.5 Å². The number of aliphatic hydroxyl groups is 1. The molecule has 4 amide bonds. The number of amides is 4. The van der Waals surface area contributed by atoms with Gasteiger partial charge in [-0.2, -0.15) is 0 Å². The third kappa shape index (κ3) is 8.89. The molecule has 5 atom stereocenters. The number of ether oxygens (including phenoxy) is 1.